The summed E-state index contributed by atoms with van der Waals surface area (Å²) in [5.74, 6) is 0.362. The van der Waals surface area contributed by atoms with Gasteiger partial charge in [-0.05, 0) is 61.2 Å². The Morgan fingerprint density at radius 1 is 1.07 bits per heavy atom. The van der Waals surface area contributed by atoms with Crippen LogP contribution >= 0.6 is 11.3 Å². The van der Waals surface area contributed by atoms with E-state index in [1.807, 2.05) is 50.2 Å². The number of nitrogens with one attached hydrogen (secondary N) is 1. The minimum absolute atomic E-state index is 0.158. The number of ether oxygens (including phenoxy) is 1. The Bertz CT molecular complexity index is 1140. The van der Waals surface area contributed by atoms with Crippen LogP contribution in [0.3, 0.4) is 0 Å². The number of hydrogen-bond acceptors (Lipinski definition) is 6. The zero-order valence-electron chi connectivity index (χ0n) is 16.2. The van der Waals surface area contributed by atoms with Gasteiger partial charge in [0.15, 0.2) is 0 Å². The van der Waals surface area contributed by atoms with E-state index in [2.05, 4.69) is 20.3 Å². The predicted octanol–water partition coefficient (Wildman–Crippen LogP) is 4.64. The van der Waals surface area contributed by atoms with E-state index in [1.54, 1.807) is 12.4 Å². The number of hydrogen-bond donors (Lipinski definition) is 1. The van der Waals surface area contributed by atoms with E-state index in [9.17, 15) is 4.79 Å². The number of carbonyl (C=O) groups is 1. The number of rotatable bonds is 6. The number of carbonyl (C=O) groups excluding carboxylic acids is 1. The van der Waals surface area contributed by atoms with E-state index in [0.29, 0.717) is 17.4 Å². The Morgan fingerprint density at radius 3 is 2.52 bits per heavy atom. The Labute approximate surface area is 172 Å². The van der Waals surface area contributed by atoms with Crippen molar-refractivity contribution in [3.05, 3.63) is 76.7 Å². The van der Waals surface area contributed by atoms with Gasteiger partial charge in [0.1, 0.15) is 11.2 Å². The maximum absolute atomic E-state index is 12.9. The molecule has 3 aromatic heterocycles. The van der Waals surface area contributed by atoms with Gasteiger partial charge >= 0.3 is 0 Å². The third-order valence-corrected chi connectivity index (χ3v) is 5.75. The third kappa shape index (κ3) is 4.09. The third-order valence-electron chi connectivity index (χ3n) is 4.55. The number of thiophene rings is 1. The minimum Gasteiger partial charge on any atom is -0.477 e. The first kappa shape index (κ1) is 19.0. The SMILES string of the molecule is CCOc1ncnc2sc(C(=O)Nc3ccc(Cc4ccncc4)cc3)c(C)c12. The molecule has 6 nitrogen and oxygen atoms in total. The Balaban J connectivity index is 1.52. The molecule has 1 amide bonds. The van der Waals surface area contributed by atoms with Gasteiger partial charge in [-0.2, -0.15) is 0 Å². The quantitative estimate of drug-likeness (QED) is 0.507. The lowest BCUT2D eigenvalue weighted by molar-refractivity contribution is 0.103. The normalized spacial score (nSPS) is 10.8. The molecule has 4 rings (SSSR count). The average Bonchev–Trinajstić information content (AvgIpc) is 3.08. The number of anilines is 1. The van der Waals surface area contributed by atoms with Crippen LogP contribution < -0.4 is 10.1 Å². The average molecular weight is 404 g/mol. The molecular weight excluding hydrogens is 384 g/mol. The van der Waals surface area contributed by atoms with Crippen molar-refractivity contribution in [1.82, 2.24) is 15.0 Å². The van der Waals surface area contributed by atoms with Gasteiger partial charge in [0.05, 0.1) is 16.9 Å². The van der Waals surface area contributed by atoms with Crippen molar-refractivity contribution in [3.63, 3.8) is 0 Å². The Hall–Kier alpha value is -3.32. The molecule has 3 heterocycles. The molecule has 0 radical (unpaired) electrons. The van der Waals surface area contributed by atoms with Gasteiger partial charge in [0, 0.05) is 18.1 Å². The van der Waals surface area contributed by atoms with E-state index in [0.717, 1.165) is 27.9 Å². The molecule has 0 aliphatic carbocycles. The van der Waals surface area contributed by atoms with Crippen LogP contribution in [0.15, 0.2) is 55.1 Å². The van der Waals surface area contributed by atoms with Crippen molar-refractivity contribution >= 4 is 33.1 Å². The highest BCUT2D eigenvalue weighted by atomic mass is 32.1. The van der Waals surface area contributed by atoms with Gasteiger partial charge in [-0.25, -0.2) is 9.97 Å². The van der Waals surface area contributed by atoms with Crippen LogP contribution in [0.5, 0.6) is 5.88 Å². The molecule has 0 aliphatic rings. The first-order valence-electron chi connectivity index (χ1n) is 9.31. The number of amides is 1. The highest BCUT2D eigenvalue weighted by Gasteiger charge is 2.20. The van der Waals surface area contributed by atoms with Gasteiger partial charge in [0.25, 0.3) is 5.91 Å². The van der Waals surface area contributed by atoms with Crippen molar-refractivity contribution in [2.75, 3.05) is 11.9 Å². The fourth-order valence-corrected chi connectivity index (χ4v) is 4.17. The van der Waals surface area contributed by atoms with Crippen molar-refractivity contribution < 1.29 is 9.53 Å². The lowest BCUT2D eigenvalue weighted by Crippen LogP contribution is -2.11. The van der Waals surface area contributed by atoms with E-state index < -0.39 is 0 Å². The number of aromatic nitrogens is 3. The molecular formula is C22H20N4O2S. The fraction of sp³-hybridized carbons (Fsp3) is 0.182. The number of benzene rings is 1. The molecule has 0 unspecified atom stereocenters. The Kier molecular flexibility index (Phi) is 5.48. The van der Waals surface area contributed by atoms with Crippen LogP contribution in [-0.4, -0.2) is 27.5 Å². The van der Waals surface area contributed by atoms with Gasteiger partial charge in [-0.3, -0.25) is 9.78 Å². The molecule has 146 valence electrons. The summed E-state index contributed by atoms with van der Waals surface area (Å²) < 4.78 is 5.59. The summed E-state index contributed by atoms with van der Waals surface area (Å²) in [7, 11) is 0. The molecule has 0 saturated heterocycles. The molecule has 0 atom stereocenters. The van der Waals surface area contributed by atoms with E-state index >= 15 is 0 Å². The second kappa shape index (κ2) is 8.36. The molecule has 0 spiro atoms. The second-order valence-corrected chi connectivity index (χ2v) is 7.53. The van der Waals surface area contributed by atoms with Gasteiger partial charge in [-0.15, -0.1) is 11.3 Å². The van der Waals surface area contributed by atoms with Crippen LogP contribution in [0.4, 0.5) is 5.69 Å². The van der Waals surface area contributed by atoms with Crippen LogP contribution in [0, 0.1) is 6.92 Å². The molecule has 29 heavy (non-hydrogen) atoms. The van der Waals surface area contributed by atoms with Crippen LogP contribution in [0.2, 0.25) is 0 Å². The lowest BCUT2D eigenvalue weighted by Gasteiger charge is -2.07. The first-order valence-corrected chi connectivity index (χ1v) is 10.1. The maximum atomic E-state index is 12.9. The highest BCUT2D eigenvalue weighted by Crippen LogP contribution is 2.34. The summed E-state index contributed by atoms with van der Waals surface area (Å²) in [5, 5.41) is 3.78. The molecule has 0 bridgehead atoms. The molecule has 0 fully saturated rings. The highest BCUT2D eigenvalue weighted by molar-refractivity contribution is 7.20. The molecule has 1 N–H and O–H groups in total. The topological polar surface area (TPSA) is 77.0 Å². The van der Waals surface area contributed by atoms with Crippen LogP contribution in [-0.2, 0) is 6.42 Å². The Morgan fingerprint density at radius 2 is 1.79 bits per heavy atom. The smallest absolute Gasteiger partial charge is 0.266 e. The fourth-order valence-electron chi connectivity index (χ4n) is 3.13. The van der Waals surface area contributed by atoms with E-state index in [4.69, 9.17) is 4.74 Å². The van der Waals surface area contributed by atoms with Crippen LogP contribution in [0.25, 0.3) is 10.2 Å². The molecule has 7 heteroatoms. The molecule has 0 saturated carbocycles. The predicted molar refractivity (Wildman–Crippen MR) is 115 cm³/mol. The number of nitrogens with zero attached hydrogens (tertiary/aromatic N) is 3. The molecule has 4 aromatic rings. The van der Waals surface area contributed by atoms with Crippen molar-refractivity contribution in [2.45, 2.75) is 20.3 Å². The summed E-state index contributed by atoms with van der Waals surface area (Å²) in [5.41, 5.74) is 3.95. The van der Waals surface area contributed by atoms with Gasteiger partial charge < -0.3 is 10.1 Å². The van der Waals surface area contributed by atoms with Gasteiger partial charge in [-0.1, -0.05) is 12.1 Å². The van der Waals surface area contributed by atoms with E-state index in [1.165, 1.54) is 28.8 Å². The summed E-state index contributed by atoms with van der Waals surface area (Å²) in [6.07, 6.45) is 5.87. The summed E-state index contributed by atoms with van der Waals surface area (Å²) in [4.78, 5) is 26.7. The minimum atomic E-state index is -0.158. The largest absolute Gasteiger partial charge is 0.477 e. The maximum Gasteiger partial charge on any atom is 0.266 e. The zero-order chi connectivity index (χ0) is 20.2. The van der Waals surface area contributed by atoms with Gasteiger partial charge in [0.2, 0.25) is 5.88 Å². The van der Waals surface area contributed by atoms with Crippen molar-refractivity contribution in [2.24, 2.45) is 0 Å². The summed E-state index contributed by atoms with van der Waals surface area (Å²) in [6, 6.07) is 11.9. The van der Waals surface area contributed by atoms with Crippen LogP contribution in [0.1, 0.15) is 33.3 Å². The monoisotopic (exact) mass is 404 g/mol. The van der Waals surface area contributed by atoms with E-state index in [-0.39, 0.29) is 5.91 Å². The van der Waals surface area contributed by atoms with Crippen molar-refractivity contribution in [1.29, 1.82) is 0 Å². The summed E-state index contributed by atoms with van der Waals surface area (Å²) in [6.45, 7) is 4.31. The summed E-state index contributed by atoms with van der Waals surface area (Å²) >= 11 is 1.35. The standard InChI is InChI=1S/C22H20N4O2S/c1-3-28-21-18-14(2)19(29-22(18)25-13-24-21)20(27)26-17-6-4-15(5-7-17)12-16-8-10-23-11-9-16/h4-11,13H,3,12H2,1-2H3,(H,26,27). The lowest BCUT2D eigenvalue weighted by atomic mass is 10.1. The number of pyridine rings is 1. The van der Waals surface area contributed by atoms with Crippen molar-refractivity contribution in [3.8, 4) is 5.88 Å². The number of aryl methyl sites for hydroxylation is 1. The first-order chi connectivity index (χ1) is 14.2. The zero-order valence-corrected chi connectivity index (χ0v) is 17.0. The molecule has 1 aromatic carbocycles. The molecule has 0 aliphatic heterocycles. The number of fused-ring (bicyclic) bond motifs is 1. The second-order valence-electron chi connectivity index (χ2n) is 6.53.